The van der Waals surface area contributed by atoms with Crippen LogP contribution in [-0.4, -0.2) is 38.8 Å². The third-order valence-corrected chi connectivity index (χ3v) is 4.03. The van der Waals surface area contributed by atoms with Gasteiger partial charge in [-0.05, 0) is 20.3 Å². The second-order valence-electron chi connectivity index (χ2n) is 6.04. The van der Waals surface area contributed by atoms with Gasteiger partial charge in [0.15, 0.2) is 12.0 Å². The Kier molecular flexibility index (Phi) is 3.72. The summed E-state index contributed by atoms with van der Waals surface area (Å²) < 4.78 is 19.0. The maximum atomic E-state index is 12.2. The predicted octanol–water partition coefficient (Wildman–Crippen LogP) is 0.145. The van der Waals surface area contributed by atoms with Crippen molar-refractivity contribution in [1.82, 2.24) is 9.55 Å². The second-order valence-corrected chi connectivity index (χ2v) is 6.04. The number of anilines is 1. The van der Waals surface area contributed by atoms with Crippen LogP contribution in [0.4, 0.5) is 5.82 Å². The summed E-state index contributed by atoms with van der Waals surface area (Å²) in [6.07, 6.45) is 0.739. The van der Waals surface area contributed by atoms with E-state index in [1.165, 1.54) is 10.8 Å². The van der Waals surface area contributed by atoms with Crippen molar-refractivity contribution in [2.45, 2.75) is 64.1 Å². The van der Waals surface area contributed by atoms with E-state index in [4.69, 9.17) is 19.9 Å². The molecular formula is C14H21N3O5. The topological polar surface area (TPSA) is 109 Å². The first-order valence-electron chi connectivity index (χ1n) is 7.35. The van der Waals surface area contributed by atoms with Gasteiger partial charge in [-0.15, -0.1) is 0 Å². The lowest BCUT2D eigenvalue weighted by atomic mass is 10.1. The molecule has 0 spiro atoms. The number of nitrogens with two attached hydrogens (primary N) is 1. The number of aliphatic hydroxyl groups is 1. The summed E-state index contributed by atoms with van der Waals surface area (Å²) in [4.78, 5) is 15.9. The van der Waals surface area contributed by atoms with Crippen LogP contribution in [0.1, 0.15) is 39.0 Å². The van der Waals surface area contributed by atoms with Crippen molar-refractivity contribution in [1.29, 1.82) is 0 Å². The Morgan fingerprint density at radius 1 is 1.41 bits per heavy atom. The molecule has 1 aromatic rings. The Hall–Kier alpha value is -1.48. The molecule has 3 heterocycles. The number of fused-ring (bicyclic) bond motifs is 1. The highest BCUT2D eigenvalue weighted by molar-refractivity contribution is 5.36. The van der Waals surface area contributed by atoms with E-state index >= 15 is 0 Å². The summed E-state index contributed by atoms with van der Waals surface area (Å²) in [7, 11) is 0. The molecule has 1 aromatic heterocycles. The van der Waals surface area contributed by atoms with E-state index < -0.39 is 23.8 Å². The highest BCUT2D eigenvalue weighted by Gasteiger charge is 2.55. The molecule has 2 saturated heterocycles. The zero-order valence-corrected chi connectivity index (χ0v) is 12.9. The molecule has 0 radical (unpaired) electrons. The molecule has 4 atom stereocenters. The van der Waals surface area contributed by atoms with Gasteiger partial charge in [0.25, 0.3) is 0 Å². The Bertz CT molecular complexity index is 629. The molecular weight excluding hydrogens is 290 g/mol. The van der Waals surface area contributed by atoms with E-state index in [0.717, 1.165) is 6.42 Å². The summed E-state index contributed by atoms with van der Waals surface area (Å²) in [5.41, 5.74) is 5.46. The molecule has 8 heteroatoms. The molecule has 2 aliphatic rings. The standard InChI is InChI=1S/C14H21N3O5/c1-4-8-9-10(22-14(2,3)21-9)12(20-8)17-5-7(6-18)11(15)16-13(17)19/h5,8-10,12,18H,4,6H2,1-3H3,(H2,15,16,19)/t8-,9?,10+,12-/m1/s1. The van der Waals surface area contributed by atoms with E-state index in [1.54, 1.807) is 0 Å². The normalized spacial score (nSPS) is 33.1. The van der Waals surface area contributed by atoms with Crippen LogP contribution in [-0.2, 0) is 20.8 Å². The summed E-state index contributed by atoms with van der Waals surface area (Å²) >= 11 is 0. The number of rotatable bonds is 3. The maximum absolute atomic E-state index is 12.2. The van der Waals surface area contributed by atoms with Crippen molar-refractivity contribution < 1.29 is 19.3 Å². The van der Waals surface area contributed by atoms with Gasteiger partial charge in [-0.25, -0.2) is 4.79 Å². The van der Waals surface area contributed by atoms with Crippen LogP contribution in [0.15, 0.2) is 11.0 Å². The number of hydrogen-bond acceptors (Lipinski definition) is 7. The first-order valence-corrected chi connectivity index (χ1v) is 7.35. The Morgan fingerprint density at radius 3 is 2.73 bits per heavy atom. The SMILES string of the molecule is CC[C@H]1O[C@@H](n2cc(CO)c(N)nc2=O)[C@H]2OC(C)(C)OC12. The first-order chi connectivity index (χ1) is 10.4. The minimum absolute atomic E-state index is 0.0225. The Morgan fingerprint density at radius 2 is 2.09 bits per heavy atom. The van der Waals surface area contributed by atoms with Gasteiger partial charge in [0.1, 0.15) is 18.0 Å². The minimum atomic E-state index is -0.727. The summed E-state index contributed by atoms with van der Waals surface area (Å²) in [6.45, 7) is 5.35. The molecule has 122 valence electrons. The molecule has 0 bridgehead atoms. The average Bonchev–Trinajstić information content (AvgIpc) is 2.92. The largest absolute Gasteiger partial charge is 0.391 e. The molecule has 8 nitrogen and oxygen atoms in total. The average molecular weight is 311 g/mol. The first kappa shape index (κ1) is 15.4. The van der Waals surface area contributed by atoms with Gasteiger partial charge in [-0.2, -0.15) is 4.98 Å². The van der Waals surface area contributed by atoms with Gasteiger partial charge in [-0.1, -0.05) is 6.92 Å². The van der Waals surface area contributed by atoms with Gasteiger partial charge in [0.05, 0.1) is 12.7 Å². The monoisotopic (exact) mass is 311 g/mol. The number of nitrogen functional groups attached to an aromatic ring is 1. The van der Waals surface area contributed by atoms with E-state index in [9.17, 15) is 9.90 Å². The number of nitrogens with zero attached hydrogens (tertiary/aromatic N) is 2. The van der Waals surface area contributed by atoms with Crippen LogP contribution >= 0.6 is 0 Å². The number of hydrogen-bond donors (Lipinski definition) is 2. The van der Waals surface area contributed by atoms with E-state index in [-0.39, 0.29) is 24.6 Å². The molecule has 22 heavy (non-hydrogen) atoms. The van der Waals surface area contributed by atoms with Gasteiger partial charge >= 0.3 is 5.69 Å². The molecule has 2 aliphatic heterocycles. The Balaban J connectivity index is 2.00. The maximum Gasteiger partial charge on any atom is 0.351 e. The molecule has 0 amide bonds. The quantitative estimate of drug-likeness (QED) is 0.817. The van der Waals surface area contributed by atoms with Crippen LogP contribution in [0, 0.1) is 0 Å². The van der Waals surface area contributed by atoms with E-state index in [0.29, 0.717) is 5.56 Å². The van der Waals surface area contributed by atoms with Crippen LogP contribution < -0.4 is 11.4 Å². The number of aliphatic hydroxyl groups excluding tert-OH is 1. The van der Waals surface area contributed by atoms with Crippen LogP contribution in [0.3, 0.4) is 0 Å². The van der Waals surface area contributed by atoms with E-state index in [2.05, 4.69) is 4.98 Å². The van der Waals surface area contributed by atoms with Crippen LogP contribution in [0.2, 0.25) is 0 Å². The predicted molar refractivity (Wildman–Crippen MR) is 76.9 cm³/mol. The summed E-state index contributed by atoms with van der Waals surface area (Å²) in [5.74, 6) is -0.704. The van der Waals surface area contributed by atoms with E-state index in [1.807, 2.05) is 20.8 Å². The molecule has 2 fully saturated rings. The molecule has 0 aliphatic carbocycles. The zero-order valence-electron chi connectivity index (χ0n) is 12.9. The van der Waals surface area contributed by atoms with Gasteiger partial charge in [0, 0.05) is 11.8 Å². The highest BCUT2D eigenvalue weighted by atomic mass is 16.8. The second kappa shape index (κ2) is 5.31. The van der Waals surface area contributed by atoms with Crippen molar-refractivity contribution >= 4 is 5.82 Å². The van der Waals surface area contributed by atoms with Crippen molar-refractivity contribution in [3.63, 3.8) is 0 Å². The smallest absolute Gasteiger partial charge is 0.351 e. The summed E-state index contributed by atoms with van der Waals surface area (Å²) in [5, 5.41) is 9.31. The number of aromatic nitrogens is 2. The van der Waals surface area contributed by atoms with Crippen molar-refractivity contribution in [3.05, 3.63) is 22.2 Å². The lowest BCUT2D eigenvalue weighted by molar-refractivity contribution is -0.197. The van der Waals surface area contributed by atoms with Crippen LogP contribution in [0.5, 0.6) is 0 Å². The lowest BCUT2D eigenvalue weighted by Gasteiger charge is -2.24. The lowest BCUT2D eigenvalue weighted by Crippen LogP contribution is -2.35. The highest BCUT2D eigenvalue weighted by Crippen LogP contribution is 2.43. The number of ether oxygens (including phenoxy) is 3. The fourth-order valence-corrected chi connectivity index (χ4v) is 3.04. The third-order valence-electron chi connectivity index (χ3n) is 4.03. The van der Waals surface area contributed by atoms with Crippen molar-refractivity contribution in [3.8, 4) is 0 Å². The zero-order chi connectivity index (χ0) is 16.1. The molecule has 3 N–H and O–H groups in total. The van der Waals surface area contributed by atoms with Gasteiger partial charge in [-0.3, -0.25) is 4.57 Å². The molecule has 3 rings (SSSR count). The van der Waals surface area contributed by atoms with Crippen molar-refractivity contribution in [2.24, 2.45) is 0 Å². The fourth-order valence-electron chi connectivity index (χ4n) is 3.04. The van der Waals surface area contributed by atoms with Gasteiger partial charge in [0.2, 0.25) is 0 Å². The Labute approximate surface area is 127 Å². The molecule has 0 aromatic carbocycles. The van der Waals surface area contributed by atoms with Gasteiger partial charge < -0.3 is 25.1 Å². The molecule has 1 unspecified atom stereocenters. The molecule has 0 saturated carbocycles. The van der Waals surface area contributed by atoms with Crippen molar-refractivity contribution in [2.75, 3.05) is 5.73 Å². The summed E-state index contributed by atoms with van der Waals surface area (Å²) in [6, 6.07) is 0. The third kappa shape index (κ3) is 2.41. The fraction of sp³-hybridized carbons (Fsp3) is 0.714. The minimum Gasteiger partial charge on any atom is -0.391 e. The van der Waals surface area contributed by atoms with Crippen LogP contribution in [0.25, 0.3) is 0 Å².